The van der Waals surface area contributed by atoms with E-state index < -0.39 is 10.1 Å². The minimum Gasteiger partial charge on any atom is -0.266 e. The molecule has 0 saturated heterocycles. The Balaban J connectivity index is 1.48. The van der Waals surface area contributed by atoms with Gasteiger partial charge in [0.15, 0.2) is 0 Å². The fraction of sp³-hybridized carbons (Fsp3) is 0.647. The molecule has 3 aliphatic carbocycles. The van der Waals surface area contributed by atoms with Gasteiger partial charge in [0.1, 0.15) is 0 Å². The maximum Gasteiger partial charge on any atom is 0.296 e. The first-order chi connectivity index (χ1) is 10.0. The lowest BCUT2D eigenvalue weighted by molar-refractivity contribution is 0.126. The van der Waals surface area contributed by atoms with Gasteiger partial charge in [0.05, 0.1) is 11.5 Å². The van der Waals surface area contributed by atoms with E-state index in [0.29, 0.717) is 23.9 Å². The zero-order valence-corrected chi connectivity index (χ0v) is 13.2. The third-order valence-electron chi connectivity index (χ3n) is 6.13. The SMILES string of the molecule is Cc1ccc(S(=O)(=O)OC[C@H]2[C@H]3CC[C@H](C3)C23CC3)cc1. The van der Waals surface area contributed by atoms with E-state index in [-0.39, 0.29) is 4.90 Å². The number of hydrogen-bond acceptors (Lipinski definition) is 3. The highest BCUT2D eigenvalue weighted by atomic mass is 32.2. The normalized spacial score (nSPS) is 32.7. The van der Waals surface area contributed by atoms with Crippen molar-refractivity contribution in [3.8, 4) is 0 Å². The molecule has 0 aliphatic heterocycles. The molecular weight excluding hydrogens is 284 g/mol. The van der Waals surface area contributed by atoms with Crippen LogP contribution in [0.1, 0.15) is 37.7 Å². The Morgan fingerprint density at radius 2 is 1.90 bits per heavy atom. The summed E-state index contributed by atoms with van der Waals surface area (Å²) in [6.07, 6.45) is 6.50. The number of rotatable bonds is 4. The van der Waals surface area contributed by atoms with Crippen LogP contribution in [-0.4, -0.2) is 15.0 Å². The van der Waals surface area contributed by atoms with Gasteiger partial charge in [-0.25, -0.2) is 0 Å². The van der Waals surface area contributed by atoms with Gasteiger partial charge < -0.3 is 0 Å². The molecule has 114 valence electrons. The Labute approximate surface area is 126 Å². The van der Waals surface area contributed by atoms with Crippen molar-refractivity contribution in [2.24, 2.45) is 23.2 Å². The first kappa shape index (κ1) is 13.8. The molecule has 3 aliphatic rings. The smallest absolute Gasteiger partial charge is 0.266 e. The quantitative estimate of drug-likeness (QED) is 0.799. The fourth-order valence-corrected chi connectivity index (χ4v) is 5.77. The largest absolute Gasteiger partial charge is 0.296 e. The van der Waals surface area contributed by atoms with Crippen molar-refractivity contribution in [1.82, 2.24) is 0 Å². The molecule has 3 saturated carbocycles. The monoisotopic (exact) mass is 306 g/mol. The van der Waals surface area contributed by atoms with Crippen LogP contribution in [0.25, 0.3) is 0 Å². The second kappa shape index (κ2) is 4.56. The Morgan fingerprint density at radius 3 is 2.57 bits per heavy atom. The van der Waals surface area contributed by atoms with Crippen LogP contribution >= 0.6 is 0 Å². The van der Waals surface area contributed by atoms with E-state index >= 15 is 0 Å². The van der Waals surface area contributed by atoms with Crippen LogP contribution in [0.5, 0.6) is 0 Å². The van der Waals surface area contributed by atoms with Gasteiger partial charge in [-0.3, -0.25) is 4.18 Å². The third kappa shape index (κ3) is 2.15. The van der Waals surface area contributed by atoms with Crippen molar-refractivity contribution in [3.63, 3.8) is 0 Å². The first-order valence-corrected chi connectivity index (χ1v) is 9.38. The van der Waals surface area contributed by atoms with Gasteiger partial charge in [-0.1, -0.05) is 17.7 Å². The summed E-state index contributed by atoms with van der Waals surface area (Å²) in [5.41, 5.74) is 1.50. The van der Waals surface area contributed by atoms with Crippen molar-refractivity contribution in [3.05, 3.63) is 29.8 Å². The maximum atomic E-state index is 12.3. The summed E-state index contributed by atoms with van der Waals surface area (Å²) >= 11 is 0. The zero-order valence-electron chi connectivity index (χ0n) is 12.4. The molecule has 0 unspecified atom stereocenters. The minimum absolute atomic E-state index is 0.279. The second-order valence-electron chi connectivity index (χ2n) is 7.16. The van der Waals surface area contributed by atoms with Gasteiger partial charge >= 0.3 is 0 Å². The van der Waals surface area contributed by atoms with Gasteiger partial charge in [-0.05, 0) is 74.3 Å². The van der Waals surface area contributed by atoms with Gasteiger partial charge in [-0.2, -0.15) is 8.42 Å². The van der Waals surface area contributed by atoms with Crippen molar-refractivity contribution in [2.75, 3.05) is 6.61 Å². The van der Waals surface area contributed by atoms with Crippen LogP contribution in [0.15, 0.2) is 29.2 Å². The Bertz CT molecular complexity index is 643. The minimum atomic E-state index is -3.60. The molecule has 1 aromatic carbocycles. The lowest BCUT2D eigenvalue weighted by Gasteiger charge is -2.30. The standard InChI is InChI=1S/C17H22O3S/c1-12-2-6-15(7-3-12)21(18,19)20-11-16-13-4-5-14(10-13)17(16)8-9-17/h2-3,6-7,13-14,16H,4-5,8-11H2,1H3/t13-,14+,16-/m0/s1. The third-order valence-corrected chi connectivity index (χ3v) is 7.43. The molecule has 0 amide bonds. The van der Waals surface area contributed by atoms with Crippen LogP contribution in [0, 0.1) is 30.1 Å². The second-order valence-corrected chi connectivity index (χ2v) is 8.78. The van der Waals surface area contributed by atoms with Gasteiger partial charge in [0, 0.05) is 0 Å². The first-order valence-electron chi connectivity index (χ1n) is 7.97. The van der Waals surface area contributed by atoms with Crippen LogP contribution in [0.2, 0.25) is 0 Å². The summed E-state index contributed by atoms with van der Waals surface area (Å²) in [5.74, 6) is 2.01. The molecule has 2 bridgehead atoms. The summed E-state index contributed by atoms with van der Waals surface area (Å²) < 4.78 is 30.1. The highest BCUT2D eigenvalue weighted by Gasteiger charge is 2.64. The molecule has 4 rings (SSSR count). The average Bonchev–Trinajstić information content (AvgIpc) is 2.98. The van der Waals surface area contributed by atoms with Crippen molar-refractivity contribution in [1.29, 1.82) is 0 Å². The Hall–Kier alpha value is -0.870. The van der Waals surface area contributed by atoms with Crippen LogP contribution in [0.3, 0.4) is 0 Å². The topological polar surface area (TPSA) is 43.4 Å². The van der Waals surface area contributed by atoms with Crippen molar-refractivity contribution >= 4 is 10.1 Å². The fourth-order valence-electron chi connectivity index (χ4n) is 4.84. The molecule has 0 heterocycles. The highest BCUT2D eigenvalue weighted by Crippen LogP contribution is 2.71. The summed E-state index contributed by atoms with van der Waals surface area (Å²) in [6.45, 7) is 2.33. The van der Waals surface area contributed by atoms with Crippen LogP contribution in [-0.2, 0) is 14.3 Å². The number of hydrogen-bond donors (Lipinski definition) is 0. The molecule has 1 spiro atoms. The summed E-state index contributed by atoms with van der Waals surface area (Å²) in [5, 5.41) is 0. The lowest BCUT2D eigenvalue weighted by Crippen LogP contribution is -2.29. The number of fused-ring (bicyclic) bond motifs is 3. The number of benzene rings is 1. The molecule has 21 heavy (non-hydrogen) atoms. The maximum absolute atomic E-state index is 12.3. The van der Waals surface area contributed by atoms with Crippen molar-refractivity contribution in [2.45, 2.75) is 43.9 Å². The molecule has 0 N–H and O–H groups in total. The van der Waals surface area contributed by atoms with Crippen LogP contribution in [0.4, 0.5) is 0 Å². The predicted octanol–water partition coefficient (Wildman–Crippen LogP) is 3.53. The molecule has 0 radical (unpaired) electrons. The molecule has 4 heteroatoms. The summed E-state index contributed by atoms with van der Waals surface area (Å²) in [6, 6.07) is 6.91. The van der Waals surface area contributed by atoms with E-state index in [1.165, 1.54) is 32.1 Å². The van der Waals surface area contributed by atoms with Gasteiger partial charge in [0.25, 0.3) is 10.1 Å². The predicted molar refractivity (Wildman–Crippen MR) is 80.3 cm³/mol. The van der Waals surface area contributed by atoms with E-state index in [1.54, 1.807) is 12.1 Å². The van der Waals surface area contributed by atoms with E-state index in [9.17, 15) is 8.42 Å². The van der Waals surface area contributed by atoms with E-state index in [4.69, 9.17) is 4.18 Å². The Morgan fingerprint density at radius 1 is 1.19 bits per heavy atom. The van der Waals surface area contributed by atoms with Crippen LogP contribution < -0.4 is 0 Å². The van der Waals surface area contributed by atoms with E-state index in [0.717, 1.165) is 11.5 Å². The molecule has 3 fully saturated rings. The molecule has 1 aromatic rings. The molecular formula is C17H22O3S. The molecule has 3 atom stereocenters. The van der Waals surface area contributed by atoms with Gasteiger partial charge in [0.2, 0.25) is 0 Å². The number of aryl methyl sites for hydroxylation is 1. The zero-order chi connectivity index (χ0) is 14.7. The average molecular weight is 306 g/mol. The lowest BCUT2D eigenvalue weighted by atomic mass is 9.77. The highest BCUT2D eigenvalue weighted by molar-refractivity contribution is 7.86. The summed E-state index contributed by atoms with van der Waals surface area (Å²) in [4.78, 5) is 0.279. The van der Waals surface area contributed by atoms with E-state index in [2.05, 4.69) is 0 Å². The van der Waals surface area contributed by atoms with Crippen molar-refractivity contribution < 1.29 is 12.6 Å². The Kier molecular flexibility index (Phi) is 2.99. The molecule has 3 nitrogen and oxygen atoms in total. The van der Waals surface area contributed by atoms with Gasteiger partial charge in [-0.15, -0.1) is 0 Å². The molecule has 0 aromatic heterocycles. The van der Waals surface area contributed by atoms with E-state index in [1.807, 2.05) is 19.1 Å². The summed E-state index contributed by atoms with van der Waals surface area (Å²) in [7, 11) is -3.60.